The summed E-state index contributed by atoms with van der Waals surface area (Å²) in [5.41, 5.74) is 1.92. The molecule has 5 heteroatoms. The van der Waals surface area contributed by atoms with Gasteiger partial charge in [0.15, 0.2) is 0 Å². The van der Waals surface area contributed by atoms with E-state index in [1.165, 1.54) is 0 Å². The van der Waals surface area contributed by atoms with Gasteiger partial charge in [-0.3, -0.25) is 4.79 Å². The van der Waals surface area contributed by atoms with Gasteiger partial charge in [0.25, 0.3) is 0 Å². The van der Waals surface area contributed by atoms with Gasteiger partial charge in [0, 0.05) is 31.7 Å². The molecule has 2 N–H and O–H groups in total. The summed E-state index contributed by atoms with van der Waals surface area (Å²) < 4.78 is 0. The largest absolute Gasteiger partial charge is 0.352 e. The molecular formula is C23H29N3O2. The average Bonchev–Trinajstić information content (AvgIpc) is 2.74. The van der Waals surface area contributed by atoms with Gasteiger partial charge in [0.2, 0.25) is 5.91 Å². The predicted molar refractivity (Wildman–Crippen MR) is 112 cm³/mol. The number of hydrogen-bond donors (Lipinski definition) is 2. The highest BCUT2D eigenvalue weighted by Gasteiger charge is 2.31. The molecule has 1 aliphatic heterocycles. The Labute approximate surface area is 167 Å². The highest BCUT2D eigenvalue weighted by molar-refractivity contribution is 5.89. The third kappa shape index (κ3) is 5.59. The van der Waals surface area contributed by atoms with Crippen molar-refractivity contribution in [3.8, 4) is 0 Å². The van der Waals surface area contributed by atoms with Crippen molar-refractivity contribution in [1.82, 2.24) is 10.2 Å². The second kappa shape index (κ2) is 9.93. The number of anilines is 1. The summed E-state index contributed by atoms with van der Waals surface area (Å²) >= 11 is 0. The fourth-order valence-corrected chi connectivity index (χ4v) is 3.83. The minimum atomic E-state index is -0.0587. The number of rotatable bonds is 6. The van der Waals surface area contributed by atoms with E-state index in [0.717, 1.165) is 24.1 Å². The molecule has 3 amide bonds. The number of carbonyl (C=O) groups excluding carboxylic acids is 2. The van der Waals surface area contributed by atoms with E-state index in [-0.39, 0.29) is 11.9 Å². The minimum Gasteiger partial charge on any atom is -0.352 e. The van der Waals surface area contributed by atoms with E-state index in [0.29, 0.717) is 37.9 Å². The number of carbonyl (C=O) groups is 2. The zero-order valence-electron chi connectivity index (χ0n) is 16.4. The first-order chi connectivity index (χ1) is 13.7. The molecule has 0 spiro atoms. The second-order valence-corrected chi connectivity index (χ2v) is 7.43. The maximum Gasteiger partial charge on any atom is 0.321 e. The summed E-state index contributed by atoms with van der Waals surface area (Å²) in [5, 5.41) is 5.98. The van der Waals surface area contributed by atoms with Gasteiger partial charge in [-0.15, -0.1) is 0 Å². The third-order valence-electron chi connectivity index (χ3n) is 5.51. The maximum atomic E-state index is 12.6. The number of amides is 3. The van der Waals surface area contributed by atoms with Crippen molar-refractivity contribution in [3.05, 3.63) is 66.2 Å². The molecule has 1 fully saturated rings. The number of nitrogens with one attached hydrogen (secondary N) is 2. The lowest BCUT2D eigenvalue weighted by Gasteiger charge is -2.38. The van der Waals surface area contributed by atoms with Crippen LogP contribution in [0.3, 0.4) is 0 Å². The smallest absolute Gasteiger partial charge is 0.321 e. The van der Waals surface area contributed by atoms with Crippen molar-refractivity contribution in [1.29, 1.82) is 0 Å². The highest BCUT2D eigenvalue weighted by atomic mass is 16.2. The van der Waals surface area contributed by atoms with Crippen LogP contribution in [-0.2, 0) is 11.3 Å². The number of piperidine rings is 1. The summed E-state index contributed by atoms with van der Waals surface area (Å²) in [5.74, 6) is 0.758. The van der Waals surface area contributed by atoms with Crippen LogP contribution < -0.4 is 10.6 Å². The van der Waals surface area contributed by atoms with Crippen LogP contribution in [0.5, 0.6) is 0 Å². The standard InChI is InChI=1S/C23H29N3O2/c1-2-19-17-26(23(28)25-21-11-7-4-8-12-21)14-13-20(19)15-22(27)24-16-18-9-5-3-6-10-18/h3-12,19-20H,2,13-17H2,1H3,(H,24,27)(H,25,28)/t19-,20-/m0/s1. The zero-order chi connectivity index (χ0) is 19.8. The van der Waals surface area contributed by atoms with Crippen molar-refractivity contribution in [2.24, 2.45) is 11.8 Å². The second-order valence-electron chi connectivity index (χ2n) is 7.43. The monoisotopic (exact) mass is 379 g/mol. The third-order valence-corrected chi connectivity index (χ3v) is 5.51. The normalized spacial score (nSPS) is 19.1. The Kier molecular flexibility index (Phi) is 7.06. The van der Waals surface area contributed by atoms with Crippen molar-refractivity contribution in [3.63, 3.8) is 0 Å². The van der Waals surface area contributed by atoms with Crippen molar-refractivity contribution >= 4 is 17.6 Å². The summed E-state index contributed by atoms with van der Waals surface area (Å²) in [6.07, 6.45) is 2.35. The maximum absolute atomic E-state index is 12.6. The van der Waals surface area contributed by atoms with Gasteiger partial charge < -0.3 is 15.5 Å². The van der Waals surface area contributed by atoms with Crippen molar-refractivity contribution < 1.29 is 9.59 Å². The summed E-state index contributed by atoms with van der Waals surface area (Å²) in [6.45, 7) is 4.09. The Bertz CT molecular complexity index is 764. The molecule has 1 saturated heterocycles. The van der Waals surface area contributed by atoms with E-state index in [2.05, 4.69) is 17.6 Å². The van der Waals surface area contributed by atoms with E-state index < -0.39 is 0 Å². The highest BCUT2D eigenvalue weighted by Crippen LogP contribution is 2.29. The Morgan fingerprint density at radius 3 is 2.36 bits per heavy atom. The van der Waals surface area contributed by atoms with E-state index in [4.69, 9.17) is 0 Å². The first-order valence-corrected chi connectivity index (χ1v) is 10.1. The Balaban J connectivity index is 1.48. The van der Waals surface area contributed by atoms with Crippen LogP contribution in [0.2, 0.25) is 0 Å². The van der Waals surface area contributed by atoms with Crippen LogP contribution in [0.1, 0.15) is 31.7 Å². The summed E-state index contributed by atoms with van der Waals surface area (Å²) in [6, 6.07) is 19.4. The van der Waals surface area contributed by atoms with Gasteiger partial charge in [0.1, 0.15) is 0 Å². The lowest BCUT2D eigenvalue weighted by atomic mass is 9.81. The van der Waals surface area contributed by atoms with Crippen molar-refractivity contribution in [2.75, 3.05) is 18.4 Å². The summed E-state index contributed by atoms with van der Waals surface area (Å²) in [4.78, 5) is 26.8. The zero-order valence-corrected chi connectivity index (χ0v) is 16.4. The number of urea groups is 1. The van der Waals surface area contributed by atoms with E-state index in [1.807, 2.05) is 65.6 Å². The van der Waals surface area contributed by atoms with Gasteiger partial charge in [0.05, 0.1) is 0 Å². The molecule has 2 aromatic rings. The van der Waals surface area contributed by atoms with E-state index in [1.54, 1.807) is 0 Å². The molecule has 0 aromatic heterocycles. The van der Waals surface area contributed by atoms with Crippen LogP contribution in [0.4, 0.5) is 10.5 Å². The summed E-state index contributed by atoms with van der Waals surface area (Å²) in [7, 11) is 0. The number of para-hydroxylation sites is 1. The first-order valence-electron chi connectivity index (χ1n) is 10.1. The molecule has 1 aliphatic rings. The lowest BCUT2D eigenvalue weighted by Crippen LogP contribution is -2.46. The molecule has 2 aromatic carbocycles. The van der Waals surface area contributed by atoms with Gasteiger partial charge in [-0.25, -0.2) is 4.79 Å². The molecule has 28 heavy (non-hydrogen) atoms. The van der Waals surface area contributed by atoms with Crippen LogP contribution in [0.15, 0.2) is 60.7 Å². The topological polar surface area (TPSA) is 61.4 Å². The first kappa shape index (κ1) is 19.9. The van der Waals surface area contributed by atoms with Gasteiger partial charge in [-0.1, -0.05) is 61.9 Å². The fraction of sp³-hybridized carbons (Fsp3) is 0.391. The molecule has 148 valence electrons. The minimum absolute atomic E-state index is 0.0587. The molecule has 0 unspecified atom stereocenters. The Morgan fingerprint density at radius 1 is 1.00 bits per heavy atom. The number of hydrogen-bond acceptors (Lipinski definition) is 2. The van der Waals surface area contributed by atoms with Crippen LogP contribution >= 0.6 is 0 Å². The van der Waals surface area contributed by atoms with Gasteiger partial charge in [-0.2, -0.15) is 0 Å². The Morgan fingerprint density at radius 2 is 1.68 bits per heavy atom. The quantitative estimate of drug-likeness (QED) is 0.787. The number of benzene rings is 2. The van der Waals surface area contributed by atoms with Crippen LogP contribution in [-0.4, -0.2) is 29.9 Å². The van der Waals surface area contributed by atoms with E-state index in [9.17, 15) is 9.59 Å². The molecule has 3 rings (SSSR count). The van der Waals surface area contributed by atoms with Gasteiger partial charge >= 0.3 is 6.03 Å². The lowest BCUT2D eigenvalue weighted by molar-refractivity contribution is -0.123. The number of likely N-dealkylation sites (tertiary alicyclic amines) is 1. The molecule has 0 saturated carbocycles. The molecule has 1 heterocycles. The molecule has 0 radical (unpaired) electrons. The fourth-order valence-electron chi connectivity index (χ4n) is 3.83. The van der Waals surface area contributed by atoms with E-state index >= 15 is 0 Å². The molecule has 2 atom stereocenters. The molecule has 5 nitrogen and oxygen atoms in total. The predicted octanol–water partition coefficient (Wildman–Crippen LogP) is 4.27. The Hall–Kier alpha value is -2.82. The van der Waals surface area contributed by atoms with Crippen LogP contribution in [0, 0.1) is 11.8 Å². The SMILES string of the molecule is CC[C@H]1CN(C(=O)Nc2ccccc2)CC[C@H]1CC(=O)NCc1ccccc1. The molecular weight excluding hydrogens is 350 g/mol. The molecule has 0 bridgehead atoms. The average molecular weight is 380 g/mol. The molecule has 0 aliphatic carbocycles. The number of nitrogens with zero attached hydrogens (tertiary/aromatic N) is 1. The van der Waals surface area contributed by atoms with Gasteiger partial charge in [-0.05, 0) is 36.0 Å². The van der Waals surface area contributed by atoms with Crippen LogP contribution in [0.25, 0.3) is 0 Å². The van der Waals surface area contributed by atoms with Crippen molar-refractivity contribution in [2.45, 2.75) is 32.7 Å².